The summed E-state index contributed by atoms with van der Waals surface area (Å²) in [5.74, 6) is 1.44. The molecule has 2 N–H and O–H groups in total. The van der Waals surface area contributed by atoms with Crippen molar-refractivity contribution in [3.63, 3.8) is 0 Å². The Hall–Kier alpha value is -0.0900. The number of aliphatic imine (C=N–C) groups is 1. The summed E-state index contributed by atoms with van der Waals surface area (Å²) in [6.45, 7) is 7.41. The van der Waals surface area contributed by atoms with E-state index in [4.69, 9.17) is 0 Å². The van der Waals surface area contributed by atoms with Gasteiger partial charge in [0.1, 0.15) is 0 Å². The second kappa shape index (κ2) is 8.84. The predicted octanol–water partition coefficient (Wildman–Crippen LogP) is 1.63. The van der Waals surface area contributed by atoms with E-state index in [9.17, 15) is 8.42 Å². The molecule has 0 spiro atoms. The predicted molar refractivity (Wildman–Crippen MR) is 106 cm³/mol. The fourth-order valence-electron chi connectivity index (χ4n) is 2.94. The molecule has 1 saturated carbocycles. The minimum Gasteiger partial charge on any atom is -0.355 e. The number of nitrogens with zero attached hydrogens (tertiary/aromatic N) is 2. The first-order valence-corrected chi connectivity index (χ1v) is 9.89. The lowest BCUT2D eigenvalue weighted by Crippen LogP contribution is -2.43. The third-order valence-electron chi connectivity index (χ3n) is 4.66. The summed E-state index contributed by atoms with van der Waals surface area (Å²) in [7, 11) is -1.44. The van der Waals surface area contributed by atoms with Crippen LogP contribution in [-0.4, -0.2) is 58.3 Å². The minimum atomic E-state index is -3.19. The van der Waals surface area contributed by atoms with Crippen molar-refractivity contribution in [3.8, 4) is 0 Å². The molecular weight excluding hydrogens is 427 g/mol. The fraction of sp³-hybridized carbons (Fsp3) is 0.933. The van der Waals surface area contributed by atoms with E-state index >= 15 is 0 Å². The van der Waals surface area contributed by atoms with Crippen molar-refractivity contribution in [3.05, 3.63) is 0 Å². The Morgan fingerprint density at radius 3 is 2.52 bits per heavy atom. The summed E-state index contributed by atoms with van der Waals surface area (Å²) in [6.07, 6.45) is 4.67. The summed E-state index contributed by atoms with van der Waals surface area (Å²) in [6, 6.07) is 0. The Labute approximate surface area is 157 Å². The zero-order valence-corrected chi connectivity index (χ0v) is 17.6. The number of likely N-dealkylation sites (tertiary alicyclic amines) is 1. The van der Waals surface area contributed by atoms with Gasteiger partial charge in [0.2, 0.25) is 10.0 Å². The number of hydrogen-bond acceptors (Lipinski definition) is 3. The van der Waals surface area contributed by atoms with Gasteiger partial charge in [-0.2, -0.15) is 0 Å². The Balaban J connectivity index is 0.00000264. The molecule has 23 heavy (non-hydrogen) atoms. The third-order valence-corrected chi connectivity index (χ3v) is 6.01. The van der Waals surface area contributed by atoms with Crippen LogP contribution < -0.4 is 10.0 Å². The normalized spacial score (nSPS) is 21.7. The smallest absolute Gasteiger partial charge is 0.213 e. The van der Waals surface area contributed by atoms with E-state index in [0.29, 0.717) is 24.4 Å². The lowest BCUT2D eigenvalue weighted by Gasteiger charge is -2.25. The molecule has 0 radical (unpaired) electrons. The summed E-state index contributed by atoms with van der Waals surface area (Å²) in [5.41, 5.74) is 0.300. The van der Waals surface area contributed by atoms with Crippen molar-refractivity contribution in [2.75, 3.05) is 39.0 Å². The largest absolute Gasteiger partial charge is 0.355 e. The van der Waals surface area contributed by atoms with Crippen LogP contribution in [0.25, 0.3) is 0 Å². The van der Waals surface area contributed by atoms with Crippen LogP contribution in [-0.2, 0) is 10.0 Å². The maximum Gasteiger partial charge on any atom is 0.213 e. The molecule has 0 atom stereocenters. The van der Waals surface area contributed by atoms with Gasteiger partial charge in [0.25, 0.3) is 0 Å². The van der Waals surface area contributed by atoms with Crippen LogP contribution in [0.1, 0.15) is 39.5 Å². The van der Waals surface area contributed by atoms with Crippen molar-refractivity contribution < 1.29 is 8.42 Å². The van der Waals surface area contributed by atoms with Gasteiger partial charge in [-0.15, -0.1) is 24.0 Å². The molecular formula is C15H31IN4O2S. The molecule has 2 rings (SSSR count). The van der Waals surface area contributed by atoms with Gasteiger partial charge in [-0.3, -0.25) is 4.99 Å². The van der Waals surface area contributed by atoms with Crippen LogP contribution in [0.5, 0.6) is 0 Å². The molecule has 136 valence electrons. The third kappa shape index (κ3) is 6.74. The zero-order valence-electron chi connectivity index (χ0n) is 14.5. The van der Waals surface area contributed by atoms with Crippen LogP contribution in [0.15, 0.2) is 4.99 Å². The van der Waals surface area contributed by atoms with E-state index in [-0.39, 0.29) is 29.7 Å². The van der Waals surface area contributed by atoms with Crippen LogP contribution in [0.2, 0.25) is 0 Å². The van der Waals surface area contributed by atoms with E-state index in [1.165, 1.54) is 6.42 Å². The number of sulfonamides is 1. The van der Waals surface area contributed by atoms with Crippen molar-refractivity contribution in [1.29, 1.82) is 0 Å². The second-order valence-corrected chi connectivity index (χ2v) is 9.20. The first-order chi connectivity index (χ1) is 10.3. The summed E-state index contributed by atoms with van der Waals surface area (Å²) >= 11 is 0. The lowest BCUT2D eigenvalue weighted by molar-refractivity contribution is 0.316. The average molecular weight is 458 g/mol. The van der Waals surface area contributed by atoms with Crippen molar-refractivity contribution in [2.45, 2.75) is 39.5 Å². The molecule has 1 aliphatic carbocycles. The maximum absolute atomic E-state index is 12.0. The molecule has 8 heteroatoms. The quantitative estimate of drug-likeness (QED) is 0.361. The Bertz CT molecular complexity index is 504. The van der Waals surface area contributed by atoms with Crippen LogP contribution in [0.3, 0.4) is 0 Å². The van der Waals surface area contributed by atoms with Gasteiger partial charge in [-0.05, 0) is 30.6 Å². The maximum atomic E-state index is 12.0. The molecule has 2 fully saturated rings. The molecule has 1 saturated heterocycles. The first kappa shape index (κ1) is 21.0. The molecule has 6 nitrogen and oxygen atoms in total. The molecule has 0 aromatic rings. The number of hydrogen-bond donors (Lipinski definition) is 2. The molecule has 0 unspecified atom stereocenters. The lowest BCUT2D eigenvalue weighted by atomic mass is 9.86. The molecule has 0 aromatic heterocycles. The van der Waals surface area contributed by atoms with Crippen LogP contribution >= 0.6 is 24.0 Å². The van der Waals surface area contributed by atoms with E-state index in [1.807, 2.05) is 0 Å². The first-order valence-electron chi connectivity index (χ1n) is 8.24. The zero-order chi connectivity index (χ0) is 16.2. The molecule has 0 aromatic carbocycles. The van der Waals surface area contributed by atoms with Gasteiger partial charge in [0.05, 0.1) is 5.75 Å². The average Bonchev–Trinajstić information content (AvgIpc) is 2.73. The van der Waals surface area contributed by atoms with Gasteiger partial charge in [-0.1, -0.05) is 20.3 Å². The molecule has 0 bridgehead atoms. The Morgan fingerprint density at radius 1 is 1.35 bits per heavy atom. The van der Waals surface area contributed by atoms with Gasteiger partial charge in [-0.25, -0.2) is 13.1 Å². The number of rotatable bonds is 6. The standard InChI is InChI=1S/C15H30N4O2S.HI/c1-15(2)7-9-19(12-15)14(16-3)17-8-10-22(20,21)18-11-13-5-4-6-13;/h13,18H,4-12H2,1-3H3,(H,16,17);1H. The topological polar surface area (TPSA) is 73.8 Å². The highest BCUT2D eigenvalue weighted by atomic mass is 127. The van der Waals surface area contributed by atoms with Gasteiger partial charge in [0.15, 0.2) is 5.96 Å². The van der Waals surface area contributed by atoms with E-state index in [0.717, 1.165) is 38.3 Å². The SMILES string of the molecule is CN=C(NCCS(=O)(=O)NCC1CCC1)N1CCC(C)(C)C1.I. The van der Waals surface area contributed by atoms with Crippen molar-refractivity contribution in [2.24, 2.45) is 16.3 Å². The van der Waals surface area contributed by atoms with Crippen molar-refractivity contribution >= 4 is 40.0 Å². The van der Waals surface area contributed by atoms with Crippen LogP contribution in [0.4, 0.5) is 0 Å². The monoisotopic (exact) mass is 458 g/mol. The highest BCUT2D eigenvalue weighted by molar-refractivity contribution is 14.0. The van der Waals surface area contributed by atoms with Gasteiger partial charge < -0.3 is 10.2 Å². The summed E-state index contributed by atoms with van der Waals surface area (Å²) in [5, 5.41) is 3.18. The fourth-order valence-corrected chi connectivity index (χ4v) is 3.94. The number of guanidine groups is 1. The Kier molecular flexibility index (Phi) is 8.06. The minimum absolute atomic E-state index is 0. The second-order valence-electron chi connectivity index (χ2n) is 7.27. The van der Waals surface area contributed by atoms with Crippen molar-refractivity contribution in [1.82, 2.24) is 14.9 Å². The molecule has 0 amide bonds. The summed E-state index contributed by atoms with van der Waals surface area (Å²) in [4.78, 5) is 6.47. The van der Waals surface area contributed by atoms with Crippen LogP contribution in [0, 0.1) is 11.3 Å². The van der Waals surface area contributed by atoms with Gasteiger partial charge in [0, 0.05) is 33.2 Å². The molecule has 2 aliphatic rings. The highest BCUT2D eigenvalue weighted by Crippen LogP contribution is 2.28. The van der Waals surface area contributed by atoms with E-state index < -0.39 is 10.0 Å². The van der Waals surface area contributed by atoms with E-state index in [1.54, 1.807) is 7.05 Å². The van der Waals surface area contributed by atoms with Gasteiger partial charge >= 0.3 is 0 Å². The highest BCUT2D eigenvalue weighted by Gasteiger charge is 2.30. The molecule has 1 aliphatic heterocycles. The number of halogens is 1. The summed E-state index contributed by atoms with van der Waals surface area (Å²) < 4.78 is 26.6. The number of nitrogens with one attached hydrogen (secondary N) is 2. The Morgan fingerprint density at radius 2 is 2.04 bits per heavy atom. The molecule has 1 heterocycles. The van der Waals surface area contributed by atoms with E-state index in [2.05, 4.69) is 33.8 Å².